The van der Waals surface area contributed by atoms with Gasteiger partial charge in [0.1, 0.15) is 0 Å². The zero-order valence-corrected chi connectivity index (χ0v) is 9.29. The van der Waals surface area contributed by atoms with Crippen LogP contribution in [0, 0.1) is 10.1 Å². The van der Waals surface area contributed by atoms with Crippen molar-refractivity contribution in [3.63, 3.8) is 0 Å². The van der Waals surface area contributed by atoms with Crippen LogP contribution in [0.2, 0.25) is 0 Å². The molecule has 1 radical (unpaired) electrons. The zero-order valence-electron chi connectivity index (χ0n) is 9.29. The molecular weight excluding hydrogens is 230 g/mol. The van der Waals surface area contributed by atoms with Crippen molar-refractivity contribution < 1.29 is 9.72 Å². The fourth-order valence-corrected chi connectivity index (χ4v) is 2.44. The first-order valence-electron chi connectivity index (χ1n) is 5.47. The highest BCUT2D eigenvalue weighted by molar-refractivity contribution is 5.88. The number of benzene rings is 2. The molecule has 0 heterocycles. The molecule has 0 N–H and O–H groups in total. The molecule has 0 saturated carbocycles. The van der Waals surface area contributed by atoms with Crippen molar-refractivity contribution >= 4 is 12.0 Å². The van der Waals surface area contributed by atoms with Crippen LogP contribution in [0.4, 0.5) is 5.69 Å². The largest absolute Gasteiger partial charge is 0.290 e. The van der Waals surface area contributed by atoms with Gasteiger partial charge in [-0.25, -0.2) is 0 Å². The monoisotopic (exact) mass is 238 g/mol. The van der Waals surface area contributed by atoms with Gasteiger partial charge in [0.05, 0.1) is 10.8 Å². The number of nitro groups is 1. The summed E-state index contributed by atoms with van der Waals surface area (Å²) in [4.78, 5) is 21.4. The van der Waals surface area contributed by atoms with Gasteiger partial charge < -0.3 is 0 Å². The molecule has 0 saturated heterocycles. The van der Waals surface area contributed by atoms with Gasteiger partial charge in [-0.15, -0.1) is 0 Å². The first kappa shape index (κ1) is 10.7. The molecule has 4 nitrogen and oxygen atoms in total. The van der Waals surface area contributed by atoms with Crippen LogP contribution < -0.4 is 0 Å². The number of fused-ring (bicyclic) bond motifs is 3. The smallest absolute Gasteiger partial charge is 0.269 e. The fourth-order valence-electron chi connectivity index (χ4n) is 2.44. The number of hydrogen-bond acceptors (Lipinski definition) is 3. The van der Waals surface area contributed by atoms with Crippen LogP contribution in [-0.2, 0) is 4.79 Å². The Morgan fingerprint density at radius 3 is 2.50 bits per heavy atom. The Kier molecular flexibility index (Phi) is 2.23. The summed E-state index contributed by atoms with van der Waals surface area (Å²) in [6, 6.07) is 12.1. The molecule has 0 fully saturated rings. The van der Waals surface area contributed by atoms with Crippen LogP contribution in [0.1, 0.15) is 17.0 Å². The van der Waals surface area contributed by atoms with Gasteiger partial charge >= 0.3 is 0 Å². The highest BCUT2D eigenvalue weighted by Crippen LogP contribution is 2.44. The van der Waals surface area contributed by atoms with Crippen LogP contribution in [0.15, 0.2) is 42.5 Å². The van der Waals surface area contributed by atoms with Crippen LogP contribution in [0.25, 0.3) is 11.1 Å². The molecule has 1 unspecified atom stereocenters. The summed E-state index contributed by atoms with van der Waals surface area (Å²) < 4.78 is 0. The van der Waals surface area contributed by atoms with E-state index in [1.165, 1.54) is 12.1 Å². The second kappa shape index (κ2) is 3.77. The number of rotatable bonds is 2. The third-order valence-corrected chi connectivity index (χ3v) is 3.24. The SMILES string of the molecule is O=[C]C1c2ccccc2-c2ccc([N+](=O)[O-])cc21. The first-order valence-corrected chi connectivity index (χ1v) is 5.47. The van der Waals surface area contributed by atoms with E-state index in [4.69, 9.17) is 0 Å². The molecule has 2 aromatic rings. The standard InChI is InChI=1S/C14H8NO3/c16-8-14-11-4-2-1-3-10(11)12-6-5-9(15(17)18)7-13(12)14/h1-7,14H. The lowest BCUT2D eigenvalue weighted by Crippen LogP contribution is -1.98. The molecule has 2 aromatic carbocycles. The molecule has 1 aliphatic carbocycles. The average Bonchev–Trinajstić information content (AvgIpc) is 2.71. The maximum Gasteiger partial charge on any atom is 0.269 e. The molecule has 18 heavy (non-hydrogen) atoms. The molecule has 3 rings (SSSR count). The van der Waals surface area contributed by atoms with Crippen molar-refractivity contribution in [2.24, 2.45) is 0 Å². The summed E-state index contributed by atoms with van der Waals surface area (Å²) in [5, 5.41) is 10.8. The zero-order chi connectivity index (χ0) is 12.7. The third-order valence-electron chi connectivity index (χ3n) is 3.24. The van der Waals surface area contributed by atoms with Gasteiger partial charge in [0.25, 0.3) is 5.69 Å². The van der Waals surface area contributed by atoms with Crippen LogP contribution in [0.3, 0.4) is 0 Å². The minimum Gasteiger partial charge on any atom is -0.290 e. The van der Waals surface area contributed by atoms with E-state index >= 15 is 0 Å². The highest BCUT2D eigenvalue weighted by atomic mass is 16.6. The van der Waals surface area contributed by atoms with Gasteiger partial charge in [-0.2, -0.15) is 0 Å². The van der Waals surface area contributed by atoms with Crippen molar-refractivity contribution in [3.05, 3.63) is 63.7 Å². The van der Waals surface area contributed by atoms with Gasteiger partial charge in [0.15, 0.2) is 0 Å². The maximum absolute atomic E-state index is 11.1. The molecule has 0 aliphatic heterocycles. The summed E-state index contributed by atoms with van der Waals surface area (Å²) in [6.45, 7) is 0. The van der Waals surface area contributed by atoms with Crippen molar-refractivity contribution in [3.8, 4) is 11.1 Å². The quantitative estimate of drug-likeness (QED) is 0.597. The Morgan fingerprint density at radius 2 is 1.78 bits per heavy atom. The molecule has 0 aromatic heterocycles. The molecule has 0 amide bonds. The van der Waals surface area contributed by atoms with E-state index in [9.17, 15) is 14.9 Å². The Balaban J connectivity index is 2.27. The number of non-ortho nitro benzene ring substituents is 1. The molecule has 87 valence electrons. The Morgan fingerprint density at radius 1 is 1.06 bits per heavy atom. The van der Waals surface area contributed by atoms with Crippen molar-refractivity contribution in [2.45, 2.75) is 5.92 Å². The number of carbonyl (C=O) groups excluding carboxylic acids is 1. The van der Waals surface area contributed by atoms with E-state index in [0.717, 1.165) is 16.7 Å². The van der Waals surface area contributed by atoms with E-state index in [2.05, 4.69) is 0 Å². The molecule has 0 spiro atoms. The Hall–Kier alpha value is -2.49. The third kappa shape index (κ3) is 1.35. The van der Waals surface area contributed by atoms with Gasteiger partial charge in [-0.1, -0.05) is 24.3 Å². The fraction of sp³-hybridized carbons (Fsp3) is 0.0714. The van der Waals surface area contributed by atoms with E-state index in [-0.39, 0.29) is 5.69 Å². The lowest BCUT2D eigenvalue weighted by atomic mass is 9.98. The number of hydrogen-bond donors (Lipinski definition) is 0. The topological polar surface area (TPSA) is 60.2 Å². The average molecular weight is 238 g/mol. The van der Waals surface area contributed by atoms with E-state index in [1.54, 1.807) is 6.07 Å². The predicted octanol–water partition coefficient (Wildman–Crippen LogP) is 2.82. The minimum absolute atomic E-state index is 0.00167. The minimum atomic E-state index is -0.518. The summed E-state index contributed by atoms with van der Waals surface area (Å²) in [7, 11) is 0. The highest BCUT2D eigenvalue weighted by Gasteiger charge is 2.30. The first-order chi connectivity index (χ1) is 8.72. The van der Waals surface area contributed by atoms with Crippen LogP contribution in [0.5, 0.6) is 0 Å². The molecule has 1 aliphatic rings. The maximum atomic E-state index is 11.1. The van der Waals surface area contributed by atoms with Gasteiger partial charge in [-0.05, 0) is 28.3 Å². The van der Waals surface area contributed by atoms with E-state index in [0.29, 0.717) is 5.56 Å². The Labute approximate surface area is 103 Å². The number of nitro benzene ring substituents is 1. The van der Waals surface area contributed by atoms with Gasteiger partial charge in [-0.3, -0.25) is 14.9 Å². The van der Waals surface area contributed by atoms with E-state index in [1.807, 2.05) is 30.6 Å². The summed E-state index contributed by atoms with van der Waals surface area (Å²) in [5.41, 5.74) is 3.37. The molecular formula is C14H8NO3. The van der Waals surface area contributed by atoms with Crippen molar-refractivity contribution in [1.29, 1.82) is 0 Å². The van der Waals surface area contributed by atoms with E-state index < -0.39 is 10.8 Å². The van der Waals surface area contributed by atoms with Crippen LogP contribution in [-0.4, -0.2) is 11.2 Å². The van der Waals surface area contributed by atoms with Crippen LogP contribution >= 0.6 is 0 Å². The lowest BCUT2D eigenvalue weighted by molar-refractivity contribution is -0.384. The van der Waals surface area contributed by atoms with Gasteiger partial charge in [0.2, 0.25) is 6.29 Å². The summed E-state index contributed by atoms with van der Waals surface area (Å²) >= 11 is 0. The molecule has 1 atom stereocenters. The van der Waals surface area contributed by atoms with Crippen molar-refractivity contribution in [2.75, 3.05) is 0 Å². The molecule has 4 heteroatoms. The van der Waals surface area contributed by atoms with Crippen molar-refractivity contribution in [1.82, 2.24) is 0 Å². The van der Waals surface area contributed by atoms with Gasteiger partial charge in [0, 0.05) is 12.1 Å². The molecule has 0 bridgehead atoms. The number of nitrogens with zero attached hydrogens (tertiary/aromatic N) is 1. The summed E-state index contributed by atoms with van der Waals surface area (Å²) in [5.74, 6) is -0.518. The second-order valence-corrected chi connectivity index (χ2v) is 4.17. The Bertz CT molecular complexity index is 664. The summed E-state index contributed by atoms with van der Waals surface area (Å²) in [6.07, 6.45) is 1.97. The predicted molar refractivity (Wildman–Crippen MR) is 66.1 cm³/mol. The normalized spacial score (nSPS) is 15.9. The second-order valence-electron chi connectivity index (χ2n) is 4.17. The lowest BCUT2D eigenvalue weighted by Gasteiger charge is -2.03.